The third-order valence-electron chi connectivity index (χ3n) is 5.57. The Balaban J connectivity index is 0.000000540. The largest absolute Gasteiger partial charge is 0.490 e. The Morgan fingerprint density at radius 1 is 1.00 bits per heavy atom. The molecule has 0 saturated carbocycles. The predicted molar refractivity (Wildman–Crippen MR) is 117 cm³/mol. The van der Waals surface area contributed by atoms with Crippen LogP contribution in [0.25, 0.3) is 0 Å². The molecule has 0 radical (unpaired) electrons. The number of Topliss-reactive ketones (excluding diaryl/α,β-unsaturated/α-hetero) is 1. The van der Waals surface area contributed by atoms with Gasteiger partial charge in [-0.05, 0) is 61.1 Å². The SMILES string of the molecule is CC(C)N(CC(=O)C1c2cccc(F)c2CCc2c(F)cccc21)C(=O)CN.O=C(O)C(F)(F)F. The van der Waals surface area contributed by atoms with Gasteiger partial charge in [0.15, 0.2) is 5.78 Å². The van der Waals surface area contributed by atoms with Gasteiger partial charge in [-0.15, -0.1) is 0 Å². The van der Waals surface area contributed by atoms with Gasteiger partial charge in [-0.3, -0.25) is 9.59 Å². The molecule has 2 aromatic rings. The van der Waals surface area contributed by atoms with E-state index in [9.17, 15) is 31.5 Å². The first-order valence-electron chi connectivity index (χ1n) is 10.7. The van der Waals surface area contributed by atoms with E-state index in [2.05, 4.69) is 0 Å². The lowest BCUT2D eigenvalue weighted by Gasteiger charge is -2.28. The Bertz CT molecular complexity index is 1050. The number of amides is 1. The molecule has 1 aliphatic carbocycles. The Morgan fingerprint density at radius 2 is 1.43 bits per heavy atom. The summed E-state index contributed by atoms with van der Waals surface area (Å²) in [5, 5.41) is 7.12. The number of ketones is 1. The van der Waals surface area contributed by atoms with Crippen molar-refractivity contribution in [3.8, 4) is 0 Å². The number of benzene rings is 2. The number of carboxylic acid groups (broad SMARTS) is 1. The summed E-state index contributed by atoms with van der Waals surface area (Å²) in [6.45, 7) is 3.24. The van der Waals surface area contributed by atoms with Crippen LogP contribution in [0, 0.1) is 11.6 Å². The molecule has 0 aliphatic heterocycles. The van der Waals surface area contributed by atoms with Gasteiger partial charge in [0, 0.05) is 6.04 Å². The highest BCUT2D eigenvalue weighted by atomic mass is 19.4. The summed E-state index contributed by atoms with van der Waals surface area (Å²) in [6, 6.07) is 9.03. The molecular weight excluding hydrogens is 475 g/mol. The average molecular weight is 500 g/mol. The zero-order valence-electron chi connectivity index (χ0n) is 19.0. The first-order valence-corrected chi connectivity index (χ1v) is 10.7. The molecule has 35 heavy (non-hydrogen) atoms. The third kappa shape index (κ3) is 6.62. The van der Waals surface area contributed by atoms with E-state index in [1.54, 1.807) is 38.1 Å². The zero-order valence-corrected chi connectivity index (χ0v) is 19.0. The summed E-state index contributed by atoms with van der Waals surface area (Å²) in [7, 11) is 0. The lowest BCUT2D eigenvalue weighted by molar-refractivity contribution is -0.192. The first kappa shape index (κ1) is 27.9. The van der Waals surface area contributed by atoms with Gasteiger partial charge in [-0.2, -0.15) is 13.2 Å². The van der Waals surface area contributed by atoms with Crippen molar-refractivity contribution in [3.05, 3.63) is 70.3 Å². The predicted octanol–water partition coefficient (Wildman–Crippen LogP) is 3.59. The molecule has 0 saturated heterocycles. The number of carboxylic acids is 1. The van der Waals surface area contributed by atoms with E-state index in [1.807, 2.05) is 0 Å². The smallest absolute Gasteiger partial charge is 0.475 e. The number of rotatable bonds is 5. The number of alkyl halides is 3. The molecule has 0 bridgehead atoms. The van der Waals surface area contributed by atoms with E-state index in [4.69, 9.17) is 15.6 Å². The second kappa shape index (κ2) is 11.4. The van der Waals surface area contributed by atoms with Crippen molar-refractivity contribution in [3.63, 3.8) is 0 Å². The summed E-state index contributed by atoms with van der Waals surface area (Å²) in [5.41, 5.74) is 7.42. The van der Waals surface area contributed by atoms with Crippen LogP contribution in [-0.4, -0.2) is 53.0 Å². The summed E-state index contributed by atoms with van der Waals surface area (Å²) < 4.78 is 60.7. The highest BCUT2D eigenvalue weighted by Gasteiger charge is 2.38. The first-order chi connectivity index (χ1) is 16.3. The van der Waals surface area contributed by atoms with Gasteiger partial charge in [0.25, 0.3) is 0 Å². The standard InChI is InChI=1S/C22H24F2N2O2.C2HF3O2/c1-13(2)26(21(28)11-25)12-20(27)22-16-5-3-7-18(23)14(16)9-10-15-17(22)6-4-8-19(15)24;3-2(4,5)1(6)7/h3-8,13,22H,9-12,25H2,1-2H3;(H,6,7). The van der Waals surface area contributed by atoms with Crippen molar-refractivity contribution in [2.45, 2.75) is 44.8 Å². The molecule has 3 N–H and O–H groups in total. The number of carbonyl (C=O) groups is 3. The molecule has 6 nitrogen and oxygen atoms in total. The molecule has 3 rings (SSSR count). The Morgan fingerprint density at radius 3 is 1.77 bits per heavy atom. The number of fused-ring (bicyclic) bond motifs is 2. The van der Waals surface area contributed by atoms with Crippen LogP contribution in [0.2, 0.25) is 0 Å². The summed E-state index contributed by atoms with van der Waals surface area (Å²) in [5.74, 6) is -5.00. The van der Waals surface area contributed by atoms with E-state index in [1.165, 1.54) is 17.0 Å². The fraction of sp³-hybridized carbons (Fsp3) is 0.375. The summed E-state index contributed by atoms with van der Waals surface area (Å²) in [4.78, 5) is 35.8. The minimum Gasteiger partial charge on any atom is -0.475 e. The molecule has 1 amide bonds. The number of hydrogen-bond acceptors (Lipinski definition) is 4. The molecule has 190 valence electrons. The van der Waals surface area contributed by atoms with Crippen LogP contribution in [0.1, 0.15) is 42.0 Å². The fourth-order valence-electron chi connectivity index (χ4n) is 3.92. The molecule has 0 aromatic heterocycles. The molecule has 0 unspecified atom stereocenters. The molecule has 1 aliphatic rings. The monoisotopic (exact) mass is 500 g/mol. The Labute approximate surface area is 198 Å². The van der Waals surface area contributed by atoms with Crippen molar-refractivity contribution < 1.29 is 41.4 Å². The molecule has 0 fully saturated rings. The van der Waals surface area contributed by atoms with Crippen LogP contribution < -0.4 is 5.73 Å². The minimum absolute atomic E-state index is 0.162. The van der Waals surface area contributed by atoms with Crippen LogP contribution in [0.3, 0.4) is 0 Å². The quantitative estimate of drug-likeness (QED) is 0.612. The molecular formula is C24H25F5N2O4. The van der Waals surface area contributed by atoms with Crippen molar-refractivity contribution in [1.82, 2.24) is 4.90 Å². The molecule has 2 aromatic carbocycles. The summed E-state index contributed by atoms with van der Waals surface area (Å²) >= 11 is 0. The van der Waals surface area contributed by atoms with Crippen molar-refractivity contribution in [1.29, 1.82) is 0 Å². The highest BCUT2D eigenvalue weighted by Crippen LogP contribution is 2.37. The number of carbonyl (C=O) groups excluding carboxylic acids is 2. The van der Waals surface area contributed by atoms with Gasteiger partial charge in [-0.25, -0.2) is 13.6 Å². The number of hydrogen-bond donors (Lipinski definition) is 2. The van der Waals surface area contributed by atoms with Crippen LogP contribution in [0.5, 0.6) is 0 Å². The molecule has 0 spiro atoms. The van der Waals surface area contributed by atoms with Crippen LogP contribution in [0.4, 0.5) is 22.0 Å². The highest BCUT2D eigenvalue weighted by molar-refractivity contribution is 5.94. The maximum Gasteiger partial charge on any atom is 0.490 e. The van der Waals surface area contributed by atoms with Crippen molar-refractivity contribution in [2.24, 2.45) is 5.73 Å². The van der Waals surface area contributed by atoms with Crippen molar-refractivity contribution in [2.75, 3.05) is 13.1 Å². The van der Waals surface area contributed by atoms with Gasteiger partial charge in [0.1, 0.15) is 11.6 Å². The van der Waals surface area contributed by atoms with E-state index in [-0.39, 0.29) is 30.8 Å². The van der Waals surface area contributed by atoms with E-state index in [0.717, 1.165) is 0 Å². The topological polar surface area (TPSA) is 101 Å². The van der Waals surface area contributed by atoms with Gasteiger partial charge in [-0.1, -0.05) is 24.3 Å². The van der Waals surface area contributed by atoms with Crippen molar-refractivity contribution >= 4 is 17.7 Å². The van der Waals surface area contributed by atoms with Crippen LogP contribution in [-0.2, 0) is 27.2 Å². The van der Waals surface area contributed by atoms with Crippen LogP contribution in [0.15, 0.2) is 36.4 Å². The van der Waals surface area contributed by atoms with E-state index in [0.29, 0.717) is 35.1 Å². The molecule has 0 heterocycles. The maximum absolute atomic E-state index is 14.5. The zero-order chi connectivity index (χ0) is 26.5. The normalized spacial score (nSPS) is 13.2. The van der Waals surface area contributed by atoms with E-state index < -0.39 is 29.7 Å². The Kier molecular flexibility index (Phi) is 9.08. The number of nitrogens with zero attached hydrogens (tertiary/aromatic N) is 1. The van der Waals surface area contributed by atoms with Gasteiger partial charge >= 0.3 is 12.1 Å². The van der Waals surface area contributed by atoms with Gasteiger partial charge in [0.05, 0.1) is 19.0 Å². The average Bonchev–Trinajstić information content (AvgIpc) is 2.95. The number of aliphatic carboxylic acids is 1. The maximum atomic E-state index is 14.5. The lowest BCUT2D eigenvalue weighted by Crippen LogP contribution is -2.45. The van der Waals surface area contributed by atoms with Gasteiger partial charge in [0.2, 0.25) is 5.91 Å². The number of halogens is 5. The van der Waals surface area contributed by atoms with Gasteiger partial charge < -0.3 is 15.7 Å². The summed E-state index contributed by atoms with van der Waals surface area (Å²) in [6.07, 6.45) is -4.45. The third-order valence-corrected chi connectivity index (χ3v) is 5.57. The molecule has 0 atom stereocenters. The number of nitrogens with two attached hydrogens (primary N) is 1. The minimum atomic E-state index is -5.08. The molecule has 11 heteroatoms. The van der Waals surface area contributed by atoms with E-state index >= 15 is 0 Å². The Hall–Kier alpha value is -3.34. The van der Waals surface area contributed by atoms with Crippen LogP contribution >= 0.6 is 0 Å². The second-order valence-corrected chi connectivity index (χ2v) is 8.14. The lowest BCUT2D eigenvalue weighted by atomic mass is 9.84. The fourth-order valence-corrected chi connectivity index (χ4v) is 3.92. The second-order valence-electron chi connectivity index (χ2n) is 8.14.